The van der Waals surface area contributed by atoms with Crippen LogP contribution in [0.3, 0.4) is 0 Å². The number of benzene rings is 3. The van der Waals surface area contributed by atoms with Crippen LogP contribution in [0.2, 0.25) is 0 Å². The van der Waals surface area contributed by atoms with E-state index in [1.165, 1.54) is 33.9 Å². The molecule has 0 fully saturated rings. The zero-order valence-corrected chi connectivity index (χ0v) is 24.7. The van der Waals surface area contributed by atoms with Gasteiger partial charge in [-0.05, 0) is 54.7 Å². The van der Waals surface area contributed by atoms with Crippen LogP contribution in [-0.4, -0.2) is 55.9 Å². The number of allylic oxidation sites excluding steroid dienone is 4. The smallest absolute Gasteiger partial charge is 0.282 e. The summed E-state index contributed by atoms with van der Waals surface area (Å²) >= 11 is 0. The summed E-state index contributed by atoms with van der Waals surface area (Å²) in [6, 6.07) is 18.1. The quantitative estimate of drug-likeness (QED) is 0.223. The topological polar surface area (TPSA) is 170 Å². The summed E-state index contributed by atoms with van der Waals surface area (Å²) in [6.07, 6.45) is 11.9. The number of nitrogens with zero attached hydrogens (tertiary/aromatic N) is 6. The molecule has 12 nitrogen and oxygen atoms in total. The molecule has 0 amide bonds. The molecule has 5 aromatic rings. The first-order valence-electron chi connectivity index (χ1n) is 13.5. The van der Waals surface area contributed by atoms with E-state index in [9.17, 15) is 25.9 Å². The molecule has 0 saturated heterocycles. The maximum Gasteiger partial charge on any atom is 0.294 e. The fourth-order valence-corrected chi connectivity index (χ4v) is 6.54. The molecular formula is C30H26N6O6S2. The van der Waals surface area contributed by atoms with Gasteiger partial charge in [0, 0.05) is 11.5 Å². The van der Waals surface area contributed by atoms with Crippen molar-refractivity contribution in [1.29, 1.82) is 0 Å². The summed E-state index contributed by atoms with van der Waals surface area (Å²) in [5.74, 6) is 0.0486. The minimum atomic E-state index is -4.67. The molecule has 1 atom stereocenters. The molecule has 1 aliphatic rings. The van der Waals surface area contributed by atoms with E-state index in [1.807, 2.05) is 54.6 Å². The van der Waals surface area contributed by atoms with Crippen LogP contribution in [0, 0.1) is 0 Å². The lowest BCUT2D eigenvalue weighted by Crippen LogP contribution is -2.10. The summed E-state index contributed by atoms with van der Waals surface area (Å²) < 4.78 is 69.5. The third kappa shape index (κ3) is 6.28. The van der Waals surface area contributed by atoms with Gasteiger partial charge in [0.15, 0.2) is 0 Å². The van der Waals surface area contributed by atoms with Gasteiger partial charge >= 0.3 is 0 Å². The molecule has 0 bridgehead atoms. The number of rotatable bonds is 9. The summed E-state index contributed by atoms with van der Waals surface area (Å²) in [6.45, 7) is 0. The highest BCUT2D eigenvalue weighted by Crippen LogP contribution is 2.27. The average molecular weight is 631 g/mol. The molecular weight excluding hydrogens is 605 g/mol. The molecule has 0 radical (unpaired) electrons. The van der Waals surface area contributed by atoms with Crippen molar-refractivity contribution in [3.63, 3.8) is 0 Å². The lowest BCUT2D eigenvalue weighted by molar-refractivity contribution is 0.478. The van der Waals surface area contributed by atoms with Crippen LogP contribution in [0.25, 0.3) is 22.6 Å². The normalized spacial score (nSPS) is 15.1. The van der Waals surface area contributed by atoms with Gasteiger partial charge in [0.25, 0.3) is 20.2 Å². The Balaban J connectivity index is 1.27. The van der Waals surface area contributed by atoms with E-state index in [1.54, 1.807) is 24.5 Å². The van der Waals surface area contributed by atoms with Crippen molar-refractivity contribution in [2.24, 2.45) is 0 Å². The SMILES string of the molecule is O=S(=O)(O)c1cc(-n2ncc(-c3ccccc3)n2)ccc1CCc1ccc(-n2ncc(C3C=CC=CC3)n2)cc1S(=O)(=O)O. The van der Waals surface area contributed by atoms with Crippen molar-refractivity contribution in [2.75, 3.05) is 0 Å². The lowest BCUT2D eigenvalue weighted by atomic mass is 9.98. The Morgan fingerprint density at radius 2 is 1.32 bits per heavy atom. The average Bonchev–Trinajstić information content (AvgIpc) is 3.71. The Labute approximate surface area is 253 Å². The van der Waals surface area contributed by atoms with Gasteiger partial charge in [0.1, 0.15) is 5.69 Å². The van der Waals surface area contributed by atoms with Crippen molar-refractivity contribution < 1.29 is 25.9 Å². The molecule has 6 rings (SSSR count). The Bertz CT molecular complexity index is 2120. The molecule has 1 unspecified atom stereocenters. The predicted molar refractivity (Wildman–Crippen MR) is 161 cm³/mol. The van der Waals surface area contributed by atoms with Crippen molar-refractivity contribution in [3.8, 4) is 22.6 Å². The van der Waals surface area contributed by atoms with Crippen LogP contribution in [0.1, 0.15) is 29.2 Å². The molecule has 0 aliphatic heterocycles. The number of hydrogen-bond donors (Lipinski definition) is 2. The maximum absolute atomic E-state index is 12.4. The molecule has 2 N–H and O–H groups in total. The Hall–Kier alpha value is -4.76. The zero-order chi connectivity index (χ0) is 30.9. The van der Waals surface area contributed by atoms with E-state index >= 15 is 0 Å². The van der Waals surface area contributed by atoms with Gasteiger partial charge in [-0.3, -0.25) is 9.11 Å². The second kappa shape index (κ2) is 11.7. The first-order chi connectivity index (χ1) is 21.1. The van der Waals surface area contributed by atoms with Gasteiger partial charge in [-0.25, -0.2) is 0 Å². The lowest BCUT2D eigenvalue weighted by Gasteiger charge is -2.12. The van der Waals surface area contributed by atoms with Gasteiger partial charge in [-0.2, -0.15) is 41.7 Å². The predicted octanol–water partition coefficient (Wildman–Crippen LogP) is 4.39. The zero-order valence-electron chi connectivity index (χ0n) is 23.0. The van der Waals surface area contributed by atoms with Crippen molar-refractivity contribution in [2.45, 2.75) is 35.0 Å². The fourth-order valence-electron chi connectivity index (χ4n) is 5.00. The molecule has 1 aliphatic carbocycles. The van der Waals surface area contributed by atoms with Crippen LogP contribution in [-0.2, 0) is 33.1 Å². The van der Waals surface area contributed by atoms with Crippen LogP contribution in [0.4, 0.5) is 0 Å². The van der Waals surface area contributed by atoms with E-state index in [2.05, 4.69) is 20.4 Å². The molecule has 3 aromatic carbocycles. The minimum absolute atomic E-state index is 0.0325. The maximum atomic E-state index is 12.4. The van der Waals surface area contributed by atoms with Crippen molar-refractivity contribution in [3.05, 3.63) is 120 Å². The van der Waals surface area contributed by atoms with Gasteiger partial charge < -0.3 is 0 Å². The molecule has 14 heteroatoms. The second-order valence-electron chi connectivity index (χ2n) is 10.1. The summed E-state index contributed by atoms with van der Waals surface area (Å²) in [5, 5.41) is 17.4. The highest BCUT2D eigenvalue weighted by Gasteiger charge is 2.22. The number of aryl methyl sites for hydroxylation is 2. The van der Waals surface area contributed by atoms with Crippen LogP contribution < -0.4 is 0 Å². The van der Waals surface area contributed by atoms with Gasteiger partial charge in [0.2, 0.25) is 0 Å². The van der Waals surface area contributed by atoms with Crippen molar-refractivity contribution >= 4 is 20.2 Å². The summed E-state index contributed by atoms with van der Waals surface area (Å²) in [5.41, 5.74) is 3.23. The Morgan fingerprint density at radius 3 is 1.89 bits per heavy atom. The van der Waals surface area contributed by atoms with Gasteiger partial charge in [-0.15, -0.1) is 5.10 Å². The molecule has 2 heterocycles. The fraction of sp³-hybridized carbons (Fsp3) is 0.133. The van der Waals surface area contributed by atoms with E-state index in [0.717, 1.165) is 12.0 Å². The molecule has 2 aromatic heterocycles. The largest absolute Gasteiger partial charge is 0.294 e. The van der Waals surface area contributed by atoms with Crippen molar-refractivity contribution in [1.82, 2.24) is 30.0 Å². The monoisotopic (exact) mass is 630 g/mol. The Kier molecular flexibility index (Phi) is 7.82. The van der Waals surface area contributed by atoms with E-state index in [-0.39, 0.29) is 39.7 Å². The highest BCUT2D eigenvalue weighted by molar-refractivity contribution is 7.86. The van der Waals surface area contributed by atoms with Gasteiger partial charge in [0.05, 0.1) is 39.3 Å². The third-order valence-corrected chi connectivity index (χ3v) is 9.09. The summed E-state index contributed by atoms with van der Waals surface area (Å²) in [7, 11) is -9.33. The highest BCUT2D eigenvalue weighted by atomic mass is 32.2. The third-order valence-electron chi connectivity index (χ3n) is 7.21. The van der Waals surface area contributed by atoms with E-state index < -0.39 is 20.2 Å². The second-order valence-corrected chi connectivity index (χ2v) is 12.9. The number of aromatic nitrogens is 6. The molecule has 0 spiro atoms. The minimum Gasteiger partial charge on any atom is -0.282 e. The van der Waals surface area contributed by atoms with Crippen LogP contribution in [0.15, 0.2) is 113 Å². The standard InChI is InChI=1S/C30H26N6O6S2/c37-43(38,39)29-17-25(35-31-19-27(33-35)21-7-3-1-4-8-21)15-13-23(29)11-12-24-14-16-26(18-30(24)44(40,41)42)36-32-20-28(34-36)22-9-5-2-6-10-22/h1-9,13-20,22H,10-12H2,(H,37,38,39)(H,40,41,42). The first-order valence-corrected chi connectivity index (χ1v) is 16.4. The van der Waals surface area contributed by atoms with E-state index in [4.69, 9.17) is 0 Å². The van der Waals surface area contributed by atoms with Crippen LogP contribution in [0.5, 0.6) is 0 Å². The molecule has 224 valence electrons. The first kappa shape index (κ1) is 29.3. The number of hydrogen-bond acceptors (Lipinski definition) is 8. The summed E-state index contributed by atoms with van der Waals surface area (Å²) in [4.78, 5) is 1.83. The molecule has 44 heavy (non-hydrogen) atoms. The van der Waals surface area contributed by atoms with Gasteiger partial charge in [-0.1, -0.05) is 66.8 Å². The Morgan fingerprint density at radius 1 is 0.727 bits per heavy atom. The van der Waals surface area contributed by atoms with E-state index in [0.29, 0.717) is 22.8 Å². The molecule has 0 saturated carbocycles. The van der Waals surface area contributed by atoms with Crippen LogP contribution >= 0.6 is 0 Å².